The standard InChI is InChI=1S/C12H13F4NO.ClH/c13-8-4-3-7(12(14,15)16)10(11(8)18)9(17)5-6-1-2-6;/h3-4,6,9,18H,1-2,5,17H2;1H/t9-;/m1./s1. The summed E-state index contributed by atoms with van der Waals surface area (Å²) in [6.45, 7) is 0. The van der Waals surface area contributed by atoms with Crippen molar-refractivity contribution in [1.29, 1.82) is 0 Å². The summed E-state index contributed by atoms with van der Waals surface area (Å²) in [6.07, 6.45) is -2.47. The molecular formula is C12H14ClF4NO. The third-order valence-electron chi connectivity index (χ3n) is 3.13. The predicted octanol–water partition coefficient (Wildman–Crippen LogP) is 3.77. The van der Waals surface area contributed by atoms with Crippen LogP contribution in [0.4, 0.5) is 17.6 Å². The minimum atomic E-state index is -4.65. The zero-order chi connectivity index (χ0) is 13.5. The largest absolute Gasteiger partial charge is 0.505 e. The number of hydrogen-bond acceptors (Lipinski definition) is 2. The van der Waals surface area contributed by atoms with E-state index in [1.54, 1.807) is 0 Å². The number of hydrogen-bond donors (Lipinski definition) is 2. The van der Waals surface area contributed by atoms with Crippen molar-refractivity contribution < 1.29 is 22.7 Å². The molecule has 1 fully saturated rings. The summed E-state index contributed by atoms with van der Waals surface area (Å²) in [5, 5.41) is 9.49. The highest BCUT2D eigenvalue weighted by Crippen LogP contribution is 2.43. The number of alkyl halides is 3. The summed E-state index contributed by atoms with van der Waals surface area (Å²) in [5.41, 5.74) is 4.08. The molecule has 0 unspecified atom stereocenters. The number of rotatable bonds is 3. The molecule has 108 valence electrons. The molecular weight excluding hydrogens is 286 g/mol. The SMILES string of the molecule is Cl.N[C@H](CC1CC1)c1c(C(F)(F)F)ccc(F)c1O. The molecule has 0 spiro atoms. The van der Waals surface area contributed by atoms with Crippen LogP contribution < -0.4 is 5.73 Å². The van der Waals surface area contributed by atoms with Gasteiger partial charge in [-0.2, -0.15) is 13.2 Å². The molecule has 0 bridgehead atoms. The first-order valence-corrected chi connectivity index (χ1v) is 5.65. The van der Waals surface area contributed by atoms with Gasteiger partial charge in [-0.25, -0.2) is 4.39 Å². The summed E-state index contributed by atoms with van der Waals surface area (Å²) in [7, 11) is 0. The third kappa shape index (κ3) is 3.51. The second-order valence-corrected chi connectivity index (χ2v) is 4.64. The predicted molar refractivity (Wildman–Crippen MR) is 64.6 cm³/mol. The van der Waals surface area contributed by atoms with Crippen LogP contribution in [0, 0.1) is 11.7 Å². The number of phenols is 1. The Morgan fingerprint density at radius 3 is 2.37 bits per heavy atom. The fraction of sp³-hybridized carbons (Fsp3) is 0.500. The van der Waals surface area contributed by atoms with Crippen molar-refractivity contribution in [2.45, 2.75) is 31.5 Å². The van der Waals surface area contributed by atoms with Crippen LogP contribution >= 0.6 is 12.4 Å². The molecule has 0 saturated heterocycles. The minimum absolute atomic E-state index is 0. The lowest BCUT2D eigenvalue weighted by Gasteiger charge is -2.19. The second kappa shape index (κ2) is 5.54. The van der Waals surface area contributed by atoms with Crippen molar-refractivity contribution in [3.63, 3.8) is 0 Å². The number of aromatic hydroxyl groups is 1. The Labute approximate surface area is 114 Å². The van der Waals surface area contributed by atoms with E-state index in [2.05, 4.69) is 0 Å². The van der Waals surface area contributed by atoms with Crippen LogP contribution in [0.5, 0.6) is 5.75 Å². The fourth-order valence-electron chi connectivity index (χ4n) is 2.03. The van der Waals surface area contributed by atoms with E-state index in [1.807, 2.05) is 0 Å². The van der Waals surface area contributed by atoms with Crippen molar-refractivity contribution in [3.05, 3.63) is 29.1 Å². The van der Waals surface area contributed by atoms with Gasteiger partial charge in [0.15, 0.2) is 11.6 Å². The zero-order valence-electron chi connectivity index (χ0n) is 9.88. The van der Waals surface area contributed by atoms with Gasteiger partial charge < -0.3 is 10.8 Å². The van der Waals surface area contributed by atoms with E-state index >= 15 is 0 Å². The molecule has 0 heterocycles. The summed E-state index contributed by atoms with van der Waals surface area (Å²) >= 11 is 0. The Morgan fingerprint density at radius 1 is 1.32 bits per heavy atom. The molecule has 1 atom stereocenters. The first-order valence-electron chi connectivity index (χ1n) is 5.65. The molecule has 3 N–H and O–H groups in total. The molecule has 1 aromatic rings. The molecule has 1 aromatic carbocycles. The van der Waals surface area contributed by atoms with Gasteiger partial charge >= 0.3 is 6.18 Å². The van der Waals surface area contributed by atoms with Crippen molar-refractivity contribution >= 4 is 12.4 Å². The third-order valence-corrected chi connectivity index (χ3v) is 3.13. The van der Waals surface area contributed by atoms with E-state index in [4.69, 9.17) is 5.73 Å². The average Bonchev–Trinajstić information content (AvgIpc) is 3.03. The molecule has 7 heteroatoms. The Kier molecular flexibility index (Phi) is 4.68. The lowest BCUT2D eigenvalue weighted by atomic mass is 9.95. The quantitative estimate of drug-likeness (QED) is 0.835. The van der Waals surface area contributed by atoms with E-state index in [-0.39, 0.29) is 18.3 Å². The van der Waals surface area contributed by atoms with Crippen molar-refractivity contribution in [2.75, 3.05) is 0 Å². The Bertz CT molecular complexity index is 460. The number of phenolic OH excluding ortho intramolecular Hbond substituents is 1. The van der Waals surface area contributed by atoms with E-state index in [9.17, 15) is 22.7 Å². The van der Waals surface area contributed by atoms with Gasteiger partial charge in [-0.3, -0.25) is 0 Å². The molecule has 2 nitrogen and oxygen atoms in total. The van der Waals surface area contributed by atoms with Gasteiger partial charge in [0.1, 0.15) is 0 Å². The van der Waals surface area contributed by atoms with Gasteiger partial charge in [0.25, 0.3) is 0 Å². The van der Waals surface area contributed by atoms with E-state index in [0.717, 1.165) is 12.8 Å². The maximum Gasteiger partial charge on any atom is 0.416 e. The fourth-order valence-corrected chi connectivity index (χ4v) is 2.03. The van der Waals surface area contributed by atoms with Gasteiger partial charge in [-0.05, 0) is 24.5 Å². The highest BCUT2D eigenvalue weighted by molar-refractivity contribution is 5.85. The maximum atomic E-state index is 13.2. The molecule has 0 radical (unpaired) electrons. The van der Waals surface area contributed by atoms with E-state index in [1.165, 1.54) is 0 Å². The second-order valence-electron chi connectivity index (χ2n) is 4.64. The first kappa shape index (κ1) is 16.0. The lowest BCUT2D eigenvalue weighted by Crippen LogP contribution is -2.18. The molecule has 0 aromatic heterocycles. The van der Waals surface area contributed by atoms with E-state index < -0.39 is 34.9 Å². The lowest BCUT2D eigenvalue weighted by molar-refractivity contribution is -0.138. The van der Waals surface area contributed by atoms with Crippen LogP contribution in [0.25, 0.3) is 0 Å². The Balaban J connectivity index is 0.00000180. The highest BCUT2D eigenvalue weighted by Gasteiger charge is 2.38. The van der Waals surface area contributed by atoms with Crippen LogP contribution in [-0.4, -0.2) is 5.11 Å². The Hall–Kier alpha value is -1.01. The number of nitrogens with two attached hydrogens (primary N) is 1. The van der Waals surface area contributed by atoms with Crippen LogP contribution in [0.3, 0.4) is 0 Å². The molecule has 1 saturated carbocycles. The molecule has 1 aliphatic carbocycles. The van der Waals surface area contributed by atoms with Gasteiger partial charge in [0.05, 0.1) is 5.56 Å². The van der Waals surface area contributed by atoms with Crippen LogP contribution in [0.15, 0.2) is 12.1 Å². The number of benzene rings is 1. The smallest absolute Gasteiger partial charge is 0.416 e. The van der Waals surface area contributed by atoms with Gasteiger partial charge in [0, 0.05) is 11.6 Å². The first-order chi connectivity index (χ1) is 8.30. The van der Waals surface area contributed by atoms with Crippen LogP contribution in [0.1, 0.15) is 36.4 Å². The van der Waals surface area contributed by atoms with Gasteiger partial charge in [0.2, 0.25) is 0 Å². The van der Waals surface area contributed by atoms with Crippen molar-refractivity contribution in [2.24, 2.45) is 11.7 Å². The molecule has 0 amide bonds. The van der Waals surface area contributed by atoms with E-state index in [0.29, 0.717) is 18.6 Å². The highest BCUT2D eigenvalue weighted by atomic mass is 35.5. The minimum Gasteiger partial charge on any atom is -0.505 e. The van der Waals surface area contributed by atoms with Crippen molar-refractivity contribution in [3.8, 4) is 5.75 Å². The summed E-state index contributed by atoms with van der Waals surface area (Å²) in [5.74, 6) is -1.79. The zero-order valence-corrected chi connectivity index (χ0v) is 10.7. The van der Waals surface area contributed by atoms with Gasteiger partial charge in [-0.15, -0.1) is 12.4 Å². The van der Waals surface area contributed by atoms with Crippen molar-refractivity contribution in [1.82, 2.24) is 0 Å². The monoisotopic (exact) mass is 299 g/mol. The van der Waals surface area contributed by atoms with Crippen LogP contribution in [-0.2, 0) is 6.18 Å². The topological polar surface area (TPSA) is 46.2 Å². The maximum absolute atomic E-state index is 13.2. The molecule has 0 aliphatic heterocycles. The molecule has 2 rings (SSSR count). The summed E-state index contributed by atoms with van der Waals surface area (Å²) in [6, 6.07) is 0.229. The average molecular weight is 300 g/mol. The molecule has 19 heavy (non-hydrogen) atoms. The Morgan fingerprint density at radius 2 is 1.89 bits per heavy atom. The van der Waals surface area contributed by atoms with Crippen LogP contribution in [0.2, 0.25) is 0 Å². The molecule has 1 aliphatic rings. The normalized spacial score (nSPS) is 16.9. The van der Waals surface area contributed by atoms with Gasteiger partial charge in [-0.1, -0.05) is 12.8 Å². The summed E-state index contributed by atoms with van der Waals surface area (Å²) in [4.78, 5) is 0. The summed E-state index contributed by atoms with van der Waals surface area (Å²) < 4.78 is 51.5. The number of halogens is 5.